The lowest BCUT2D eigenvalue weighted by atomic mass is 10.1. The summed E-state index contributed by atoms with van der Waals surface area (Å²) < 4.78 is 1.94. The monoisotopic (exact) mass is 506 g/mol. The minimum absolute atomic E-state index is 0.0154. The molecule has 0 saturated heterocycles. The Morgan fingerprint density at radius 2 is 2.03 bits per heavy atom. The van der Waals surface area contributed by atoms with Gasteiger partial charge in [0.1, 0.15) is 11.9 Å². The van der Waals surface area contributed by atoms with Crippen LogP contribution in [0.1, 0.15) is 49.0 Å². The molecule has 1 unspecified atom stereocenters. The van der Waals surface area contributed by atoms with Gasteiger partial charge in [-0.25, -0.2) is 4.98 Å². The summed E-state index contributed by atoms with van der Waals surface area (Å²) in [6.45, 7) is 3.41. The van der Waals surface area contributed by atoms with Gasteiger partial charge in [0, 0.05) is 36.4 Å². The highest BCUT2D eigenvalue weighted by atomic mass is 16.3. The molecule has 196 valence electrons. The summed E-state index contributed by atoms with van der Waals surface area (Å²) >= 11 is 0. The minimum Gasteiger partial charge on any atom is -0.395 e. The molecule has 2 heterocycles. The molecule has 37 heavy (non-hydrogen) atoms. The zero-order chi connectivity index (χ0) is 26.4. The number of hydrogen-bond donors (Lipinski definition) is 6. The van der Waals surface area contributed by atoms with E-state index in [1.165, 1.54) is 0 Å². The van der Waals surface area contributed by atoms with Gasteiger partial charge < -0.3 is 37.1 Å². The van der Waals surface area contributed by atoms with Crippen molar-refractivity contribution < 1.29 is 14.7 Å². The third kappa shape index (κ3) is 5.83. The van der Waals surface area contributed by atoms with Crippen LogP contribution in [0.4, 0.5) is 11.4 Å². The van der Waals surface area contributed by atoms with E-state index in [1.54, 1.807) is 12.1 Å². The Hall–Kier alpha value is -4.12. The molecule has 11 nitrogen and oxygen atoms in total. The van der Waals surface area contributed by atoms with Crippen LogP contribution < -0.4 is 27.4 Å². The number of guanidine groups is 1. The van der Waals surface area contributed by atoms with E-state index in [0.717, 1.165) is 36.2 Å². The van der Waals surface area contributed by atoms with Crippen LogP contribution in [0, 0.1) is 0 Å². The molecule has 0 fully saturated rings. The molecule has 4 rings (SSSR count). The second kappa shape index (κ2) is 11.7. The van der Waals surface area contributed by atoms with E-state index < -0.39 is 6.04 Å². The summed E-state index contributed by atoms with van der Waals surface area (Å²) in [5, 5.41) is 18.2. The normalized spacial score (nSPS) is 14.3. The Balaban J connectivity index is 1.79. The number of imidazole rings is 1. The number of aromatic nitrogens is 2. The SMILES string of the molecule is CCCCNc1ccc2c(c1)-c1nc3cc(C(=O)NCCO)ccc3n1C(CCCN=C(N)N)C(=O)N2. The number of benzene rings is 2. The lowest BCUT2D eigenvalue weighted by Gasteiger charge is -2.18. The predicted octanol–water partition coefficient (Wildman–Crippen LogP) is 2.18. The summed E-state index contributed by atoms with van der Waals surface area (Å²) in [6, 6.07) is 10.5. The molecule has 1 atom stereocenters. The van der Waals surface area contributed by atoms with Crippen LogP contribution in [0.3, 0.4) is 0 Å². The topological polar surface area (TPSA) is 173 Å². The molecule has 0 spiro atoms. The maximum absolute atomic E-state index is 13.5. The first kappa shape index (κ1) is 26.0. The number of amides is 2. The second-order valence-electron chi connectivity index (χ2n) is 8.98. The van der Waals surface area contributed by atoms with Crippen LogP contribution in [-0.2, 0) is 4.79 Å². The zero-order valence-electron chi connectivity index (χ0n) is 21.0. The summed E-state index contributed by atoms with van der Waals surface area (Å²) in [4.78, 5) is 34.9. The van der Waals surface area contributed by atoms with Crippen LogP contribution in [0.25, 0.3) is 22.4 Å². The number of nitrogens with two attached hydrogens (primary N) is 2. The number of carbonyl (C=O) groups is 2. The minimum atomic E-state index is -0.549. The molecule has 1 aliphatic rings. The molecule has 0 saturated carbocycles. The zero-order valence-corrected chi connectivity index (χ0v) is 21.0. The molecule has 3 aromatic rings. The fraction of sp³-hybridized carbons (Fsp3) is 0.385. The van der Waals surface area contributed by atoms with Gasteiger partial charge in [-0.1, -0.05) is 13.3 Å². The van der Waals surface area contributed by atoms with Gasteiger partial charge in [-0.15, -0.1) is 0 Å². The first-order chi connectivity index (χ1) is 17.9. The lowest BCUT2D eigenvalue weighted by Crippen LogP contribution is -2.26. The summed E-state index contributed by atoms with van der Waals surface area (Å²) in [6.07, 6.45) is 3.22. The van der Waals surface area contributed by atoms with Gasteiger partial charge in [-0.05, 0) is 55.7 Å². The van der Waals surface area contributed by atoms with E-state index >= 15 is 0 Å². The van der Waals surface area contributed by atoms with Gasteiger partial charge in [0.25, 0.3) is 5.91 Å². The van der Waals surface area contributed by atoms with Crippen molar-refractivity contribution in [1.82, 2.24) is 14.9 Å². The number of carbonyl (C=O) groups excluding carboxylic acids is 2. The molecule has 0 bridgehead atoms. The van der Waals surface area contributed by atoms with E-state index in [4.69, 9.17) is 21.6 Å². The first-order valence-electron chi connectivity index (χ1n) is 12.6. The van der Waals surface area contributed by atoms with Crippen molar-refractivity contribution in [3.05, 3.63) is 42.0 Å². The van der Waals surface area contributed by atoms with Gasteiger partial charge in [-0.3, -0.25) is 14.6 Å². The largest absolute Gasteiger partial charge is 0.395 e. The number of aliphatic imine (C=N–C) groups is 1. The van der Waals surface area contributed by atoms with Crippen LogP contribution >= 0.6 is 0 Å². The molecule has 2 aromatic carbocycles. The van der Waals surface area contributed by atoms with Crippen LogP contribution in [0.15, 0.2) is 41.4 Å². The van der Waals surface area contributed by atoms with E-state index in [2.05, 4.69) is 27.9 Å². The number of nitrogens with one attached hydrogen (secondary N) is 3. The molecule has 1 aromatic heterocycles. The smallest absolute Gasteiger partial charge is 0.251 e. The lowest BCUT2D eigenvalue weighted by molar-refractivity contribution is -0.119. The average Bonchev–Trinajstić information content (AvgIpc) is 3.21. The van der Waals surface area contributed by atoms with Crippen molar-refractivity contribution in [2.45, 2.75) is 38.6 Å². The van der Waals surface area contributed by atoms with Crippen LogP contribution in [-0.4, -0.2) is 58.7 Å². The summed E-state index contributed by atoms with van der Waals surface area (Å²) in [5.41, 5.74) is 15.1. The number of unbranched alkanes of at least 4 members (excludes halogenated alkanes) is 1. The maximum Gasteiger partial charge on any atom is 0.251 e. The van der Waals surface area contributed by atoms with Crippen molar-refractivity contribution in [3.63, 3.8) is 0 Å². The molecule has 0 aliphatic carbocycles. The third-order valence-electron chi connectivity index (χ3n) is 6.27. The van der Waals surface area contributed by atoms with E-state index in [-0.39, 0.29) is 30.9 Å². The fourth-order valence-corrected chi connectivity index (χ4v) is 4.46. The highest BCUT2D eigenvalue weighted by molar-refractivity contribution is 6.03. The Morgan fingerprint density at radius 1 is 1.19 bits per heavy atom. The molecule has 2 amide bonds. The van der Waals surface area contributed by atoms with Crippen LogP contribution in [0.5, 0.6) is 0 Å². The quantitative estimate of drug-likeness (QED) is 0.131. The van der Waals surface area contributed by atoms with Crippen molar-refractivity contribution in [2.75, 3.05) is 36.9 Å². The van der Waals surface area contributed by atoms with Gasteiger partial charge in [-0.2, -0.15) is 0 Å². The van der Waals surface area contributed by atoms with Crippen molar-refractivity contribution in [3.8, 4) is 11.4 Å². The number of fused-ring (bicyclic) bond motifs is 5. The molecular weight excluding hydrogens is 472 g/mol. The third-order valence-corrected chi connectivity index (χ3v) is 6.27. The molecule has 0 radical (unpaired) electrons. The van der Waals surface area contributed by atoms with Crippen molar-refractivity contribution in [1.29, 1.82) is 0 Å². The molecular formula is C26H34N8O3. The standard InChI is InChI=1S/C26H34N8O3/c1-2-3-10-29-17-7-8-19-18(15-17)23-32-20-14-16(24(36)30-12-13-35)6-9-21(20)34(23)22(25(37)33-19)5-4-11-31-26(27)28/h6-9,14-15,22,29,35H,2-5,10-13H2,1H3,(H,30,36)(H,33,37)(H4,27,28,31). The molecule has 11 heteroatoms. The van der Waals surface area contributed by atoms with Gasteiger partial charge >= 0.3 is 0 Å². The predicted molar refractivity (Wildman–Crippen MR) is 146 cm³/mol. The van der Waals surface area contributed by atoms with Gasteiger partial charge in [0.05, 0.1) is 23.3 Å². The highest BCUT2D eigenvalue weighted by Gasteiger charge is 2.31. The Kier molecular flexibility index (Phi) is 8.24. The Bertz CT molecular complexity index is 1310. The number of hydrogen-bond acceptors (Lipinski definition) is 6. The van der Waals surface area contributed by atoms with Crippen LogP contribution in [0.2, 0.25) is 0 Å². The maximum atomic E-state index is 13.5. The van der Waals surface area contributed by atoms with E-state index in [1.807, 2.05) is 28.8 Å². The van der Waals surface area contributed by atoms with Crippen molar-refractivity contribution >= 4 is 40.2 Å². The molecule has 8 N–H and O–H groups in total. The number of nitrogens with zero attached hydrogens (tertiary/aromatic N) is 3. The van der Waals surface area contributed by atoms with Crippen molar-refractivity contribution in [2.24, 2.45) is 16.5 Å². The number of rotatable bonds is 11. The number of anilines is 2. The first-order valence-corrected chi connectivity index (χ1v) is 12.6. The number of aliphatic hydroxyl groups is 1. The second-order valence-corrected chi connectivity index (χ2v) is 8.98. The fourth-order valence-electron chi connectivity index (χ4n) is 4.46. The Morgan fingerprint density at radius 3 is 2.78 bits per heavy atom. The summed E-state index contributed by atoms with van der Waals surface area (Å²) in [5.74, 6) is 0.206. The average molecular weight is 507 g/mol. The van der Waals surface area contributed by atoms with E-state index in [0.29, 0.717) is 42.0 Å². The van der Waals surface area contributed by atoms with E-state index in [9.17, 15) is 9.59 Å². The summed E-state index contributed by atoms with van der Waals surface area (Å²) in [7, 11) is 0. The van der Waals surface area contributed by atoms with Gasteiger partial charge in [0.2, 0.25) is 5.91 Å². The number of aliphatic hydroxyl groups excluding tert-OH is 1. The van der Waals surface area contributed by atoms with Gasteiger partial charge in [0.15, 0.2) is 5.96 Å². The molecule has 1 aliphatic heterocycles. The highest BCUT2D eigenvalue weighted by Crippen LogP contribution is 2.39. The Labute approximate surface area is 215 Å².